The lowest BCUT2D eigenvalue weighted by Gasteiger charge is -2.39. The molecule has 134 valence electrons. The van der Waals surface area contributed by atoms with Crippen molar-refractivity contribution in [3.63, 3.8) is 0 Å². The summed E-state index contributed by atoms with van der Waals surface area (Å²) in [5.74, 6) is 3.14. The van der Waals surface area contributed by atoms with Gasteiger partial charge in [0.15, 0.2) is 5.60 Å². The van der Waals surface area contributed by atoms with Crippen molar-refractivity contribution in [3.05, 3.63) is 63.2 Å². The minimum atomic E-state index is -0.763. The first kappa shape index (κ1) is 18.1. The van der Waals surface area contributed by atoms with E-state index >= 15 is 0 Å². The SMILES string of the molecule is C#CC1(Oc2ccc([N+](=O)[O-])cc2Cl)CCN(c2ccc(C)cc2)CC1. The molecule has 2 aromatic carbocycles. The summed E-state index contributed by atoms with van der Waals surface area (Å²) < 4.78 is 6.04. The van der Waals surface area contributed by atoms with Gasteiger partial charge in [0.1, 0.15) is 5.75 Å². The van der Waals surface area contributed by atoms with Crippen molar-refractivity contribution >= 4 is 23.0 Å². The standard InChI is InChI=1S/C20H19ClN2O3/c1-3-20(26-19-9-8-17(23(24)25)14-18(19)21)10-12-22(13-11-20)16-6-4-15(2)5-7-16/h1,4-9,14H,10-13H2,2H3. The lowest BCUT2D eigenvalue weighted by atomic mass is 9.91. The average Bonchev–Trinajstić information content (AvgIpc) is 2.64. The van der Waals surface area contributed by atoms with E-state index in [9.17, 15) is 10.1 Å². The number of ether oxygens (including phenoxy) is 1. The second kappa shape index (κ2) is 7.27. The number of nitro groups is 1. The summed E-state index contributed by atoms with van der Waals surface area (Å²) in [5, 5.41) is 11.0. The molecule has 0 N–H and O–H groups in total. The van der Waals surface area contributed by atoms with Crippen molar-refractivity contribution < 1.29 is 9.66 Å². The molecule has 6 heteroatoms. The summed E-state index contributed by atoms with van der Waals surface area (Å²) in [4.78, 5) is 12.6. The molecular formula is C20H19ClN2O3. The summed E-state index contributed by atoms with van der Waals surface area (Å²) in [6.45, 7) is 3.58. The van der Waals surface area contributed by atoms with E-state index in [4.69, 9.17) is 22.8 Å². The first-order valence-corrected chi connectivity index (χ1v) is 8.73. The molecular weight excluding hydrogens is 352 g/mol. The van der Waals surface area contributed by atoms with Crippen LogP contribution >= 0.6 is 11.6 Å². The topological polar surface area (TPSA) is 55.6 Å². The molecule has 0 bridgehead atoms. The number of benzene rings is 2. The Bertz CT molecular complexity index is 850. The van der Waals surface area contributed by atoms with E-state index < -0.39 is 10.5 Å². The van der Waals surface area contributed by atoms with Crippen LogP contribution in [0.2, 0.25) is 5.02 Å². The van der Waals surface area contributed by atoms with Gasteiger partial charge in [-0.3, -0.25) is 10.1 Å². The molecule has 0 aromatic heterocycles. The minimum Gasteiger partial charge on any atom is -0.473 e. The van der Waals surface area contributed by atoms with E-state index in [2.05, 4.69) is 42.0 Å². The van der Waals surface area contributed by atoms with Crippen LogP contribution in [0, 0.1) is 29.4 Å². The summed E-state index contributed by atoms with van der Waals surface area (Å²) in [5.41, 5.74) is 1.54. The smallest absolute Gasteiger partial charge is 0.271 e. The fraction of sp³-hybridized carbons (Fsp3) is 0.300. The second-order valence-electron chi connectivity index (χ2n) is 6.44. The van der Waals surface area contributed by atoms with Crippen molar-refractivity contribution in [2.24, 2.45) is 0 Å². The van der Waals surface area contributed by atoms with Gasteiger partial charge in [0.2, 0.25) is 0 Å². The van der Waals surface area contributed by atoms with Gasteiger partial charge in [-0.15, -0.1) is 6.42 Å². The van der Waals surface area contributed by atoms with Crippen LogP contribution in [0.5, 0.6) is 5.75 Å². The third-order valence-corrected chi connectivity index (χ3v) is 4.96. The molecule has 5 nitrogen and oxygen atoms in total. The van der Waals surface area contributed by atoms with Crippen LogP contribution < -0.4 is 9.64 Å². The summed E-state index contributed by atoms with van der Waals surface area (Å²) in [7, 11) is 0. The van der Waals surface area contributed by atoms with Crippen molar-refractivity contribution in [1.29, 1.82) is 0 Å². The maximum absolute atomic E-state index is 10.8. The van der Waals surface area contributed by atoms with E-state index in [-0.39, 0.29) is 10.7 Å². The highest BCUT2D eigenvalue weighted by atomic mass is 35.5. The Morgan fingerprint density at radius 1 is 1.23 bits per heavy atom. The van der Waals surface area contributed by atoms with Crippen LogP contribution in [-0.2, 0) is 0 Å². The zero-order valence-corrected chi connectivity index (χ0v) is 15.2. The maximum Gasteiger partial charge on any atom is 0.271 e. The van der Waals surface area contributed by atoms with E-state index in [0.717, 1.165) is 18.8 Å². The summed E-state index contributed by atoms with van der Waals surface area (Å²) >= 11 is 6.14. The fourth-order valence-electron chi connectivity index (χ4n) is 3.05. The van der Waals surface area contributed by atoms with Gasteiger partial charge < -0.3 is 9.64 Å². The first-order chi connectivity index (χ1) is 12.4. The number of anilines is 1. The Morgan fingerprint density at radius 2 is 1.88 bits per heavy atom. The molecule has 1 aliphatic heterocycles. The Hall–Kier alpha value is -2.71. The molecule has 1 fully saturated rings. The molecule has 3 rings (SSSR count). The van der Waals surface area contributed by atoms with E-state index in [1.54, 1.807) is 0 Å². The van der Waals surface area contributed by atoms with E-state index in [1.807, 2.05) is 0 Å². The predicted molar refractivity (Wildman–Crippen MR) is 103 cm³/mol. The molecule has 0 atom stereocenters. The molecule has 0 spiro atoms. The third kappa shape index (κ3) is 3.76. The number of piperidine rings is 1. The van der Waals surface area contributed by atoms with Gasteiger partial charge in [0.05, 0.1) is 9.95 Å². The Balaban J connectivity index is 1.72. The highest BCUT2D eigenvalue weighted by Gasteiger charge is 2.35. The number of aryl methyl sites for hydroxylation is 1. The highest BCUT2D eigenvalue weighted by molar-refractivity contribution is 6.32. The third-order valence-electron chi connectivity index (χ3n) is 4.66. The van der Waals surface area contributed by atoms with Crippen LogP contribution in [0.25, 0.3) is 0 Å². The molecule has 1 aliphatic rings. The normalized spacial score (nSPS) is 16.0. The van der Waals surface area contributed by atoms with Crippen molar-refractivity contribution in [2.75, 3.05) is 18.0 Å². The van der Waals surface area contributed by atoms with Crippen LogP contribution in [0.3, 0.4) is 0 Å². The number of halogens is 1. The summed E-state index contributed by atoms with van der Waals surface area (Å²) in [6, 6.07) is 12.5. The highest BCUT2D eigenvalue weighted by Crippen LogP contribution is 2.35. The maximum atomic E-state index is 10.8. The van der Waals surface area contributed by atoms with Crippen molar-refractivity contribution in [2.45, 2.75) is 25.4 Å². The Kier molecular flexibility index (Phi) is 5.06. The van der Waals surface area contributed by atoms with Crippen LogP contribution in [0.1, 0.15) is 18.4 Å². The Morgan fingerprint density at radius 3 is 2.42 bits per heavy atom. The van der Waals surface area contributed by atoms with Gasteiger partial charge in [-0.1, -0.05) is 35.2 Å². The predicted octanol–water partition coefficient (Wildman–Crippen LogP) is 4.61. The minimum absolute atomic E-state index is 0.0775. The molecule has 0 amide bonds. The molecule has 0 saturated carbocycles. The molecule has 0 radical (unpaired) electrons. The monoisotopic (exact) mass is 370 g/mol. The summed E-state index contributed by atoms with van der Waals surface area (Å²) in [6.07, 6.45) is 7.06. The largest absolute Gasteiger partial charge is 0.473 e. The number of rotatable bonds is 4. The second-order valence-corrected chi connectivity index (χ2v) is 6.84. The van der Waals surface area contributed by atoms with Crippen molar-refractivity contribution in [1.82, 2.24) is 0 Å². The Labute approximate surface area is 157 Å². The lowest BCUT2D eigenvalue weighted by Crippen LogP contribution is -2.47. The zero-order chi connectivity index (χ0) is 18.7. The number of nitrogens with zero attached hydrogens (tertiary/aromatic N) is 2. The number of terminal acetylenes is 1. The molecule has 1 heterocycles. The van der Waals surface area contributed by atoms with Gasteiger partial charge in [-0.25, -0.2) is 0 Å². The van der Waals surface area contributed by atoms with Crippen molar-refractivity contribution in [3.8, 4) is 18.1 Å². The number of non-ortho nitro benzene ring substituents is 1. The molecule has 2 aromatic rings. The van der Waals surface area contributed by atoms with Gasteiger partial charge in [0, 0.05) is 43.8 Å². The fourth-order valence-corrected chi connectivity index (χ4v) is 3.27. The number of nitro benzene ring substituents is 1. The molecule has 0 unspecified atom stereocenters. The average molecular weight is 371 g/mol. The first-order valence-electron chi connectivity index (χ1n) is 8.35. The lowest BCUT2D eigenvalue weighted by molar-refractivity contribution is -0.384. The van der Waals surface area contributed by atoms with Gasteiger partial charge in [-0.2, -0.15) is 0 Å². The molecule has 26 heavy (non-hydrogen) atoms. The number of hydrogen-bond acceptors (Lipinski definition) is 4. The van der Waals surface area contributed by atoms with Crippen LogP contribution in [0.4, 0.5) is 11.4 Å². The van der Waals surface area contributed by atoms with Gasteiger partial charge in [0.25, 0.3) is 5.69 Å². The van der Waals surface area contributed by atoms with Crippen LogP contribution in [0.15, 0.2) is 42.5 Å². The quantitative estimate of drug-likeness (QED) is 0.448. The van der Waals surface area contributed by atoms with Gasteiger partial charge >= 0.3 is 0 Å². The zero-order valence-electron chi connectivity index (χ0n) is 14.4. The molecule has 1 saturated heterocycles. The number of hydrogen-bond donors (Lipinski definition) is 0. The van der Waals surface area contributed by atoms with E-state index in [1.165, 1.54) is 23.8 Å². The van der Waals surface area contributed by atoms with Crippen LogP contribution in [-0.4, -0.2) is 23.6 Å². The van der Waals surface area contributed by atoms with E-state index in [0.29, 0.717) is 18.6 Å². The molecule has 0 aliphatic carbocycles. The van der Waals surface area contributed by atoms with Gasteiger partial charge in [-0.05, 0) is 25.1 Å².